The first-order valence-corrected chi connectivity index (χ1v) is 12.9. The Hall–Kier alpha value is -2.96. The minimum Gasteiger partial charge on any atom is -0.333 e. The van der Waals surface area contributed by atoms with Crippen LogP contribution in [0.2, 0.25) is 0 Å². The van der Waals surface area contributed by atoms with Gasteiger partial charge in [0.1, 0.15) is 5.01 Å². The molecular weight excluding hydrogens is 468 g/mol. The first-order valence-electron chi connectivity index (χ1n) is 9.69. The number of aromatic amines is 1. The number of carbonyl (C=O) groups is 1. The van der Waals surface area contributed by atoms with Gasteiger partial charge in [-0.25, -0.2) is 13.4 Å². The number of sulfonamides is 1. The second-order valence-electron chi connectivity index (χ2n) is 6.82. The van der Waals surface area contributed by atoms with Crippen molar-refractivity contribution in [3.63, 3.8) is 0 Å². The van der Waals surface area contributed by atoms with E-state index in [9.17, 15) is 13.2 Å². The largest absolute Gasteiger partial charge is 0.333 e. The molecule has 9 nitrogen and oxygen atoms in total. The maximum Gasteiger partial charge on any atom is 0.263 e. The fourth-order valence-corrected chi connectivity index (χ4v) is 5.64. The number of fused-ring (bicyclic) bond motifs is 1. The van der Waals surface area contributed by atoms with Crippen LogP contribution in [0.25, 0.3) is 11.0 Å². The van der Waals surface area contributed by atoms with E-state index in [1.54, 1.807) is 19.1 Å². The first kappa shape index (κ1) is 22.2. The number of para-hydroxylation sites is 2. The monoisotopic (exact) mass is 488 g/mol. The van der Waals surface area contributed by atoms with E-state index in [4.69, 9.17) is 0 Å². The Bertz CT molecular complexity index is 1320. The van der Waals surface area contributed by atoms with Crippen molar-refractivity contribution in [2.24, 2.45) is 0 Å². The third-order valence-corrected chi connectivity index (χ3v) is 7.95. The zero-order valence-corrected chi connectivity index (χ0v) is 19.6. The summed E-state index contributed by atoms with van der Waals surface area (Å²) in [6.07, 6.45) is 0.602. The van der Waals surface area contributed by atoms with Crippen molar-refractivity contribution in [3.05, 3.63) is 53.5 Å². The molecule has 2 aromatic heterocycles. The van der Waals surface area contributed by atoms with Crippen LogP contribution in [-0.2, 0) is 14.8 Å². The molecule has 1 atom stereocenters. The van der Waals surface area contributed by atoms with Crippen LogP contribution in [0.4, 0.5) is 10.8 Å². The summed E-state index contributed by atoms with van der Waals surface area (Å²) in [5.74, 6) is -0.184. The molecule has 0 aliphatic carbocycles. The lowest BCUT2D eigenvalue weighted by molar-refractivity contribution is -0.115. The SMILES string of the molecule is CCC(Sc1nc2ccccc2[nH]1)C(=O)Nc1ccc(S(=O)(=O)Nc2nnc(C)s2)cc1. The van der Waals surface area contributed by atoms with E-state index >= 15 is 0 Å². The van der Waals surface area contributed by atoms with E-state index in [0.717, 1.165) is 22.4 Å². The molecule has 0 bridgehead atoms. The van der Waals surface area contributed by atoms with Gasteiger partial charge < -0.3 is 10.3 Å². The molecule has 0 aliphatic rings. The second kappa shape index (κ2) is 9.27. The summed E-state index contributed by atoms with van der Waals surface area (Å²) >= 11 is 2.50. The minimum atomic E-state index is -3.79. The van der Waals surface area contributed by atoms with E-state index in [1.807, 2.05) is 31.2 Å². The molecule has 1 amide bonds. The number of benzene rings is 2. The Morgan fingerprint density at radius 2 is 1.91 bits per heavy atom. The molecule has 3 N–H and O–H groups in total. The number of thioether (sulfide) groups is 1. The number of aryl methyl sites for hydroxylation is 1. The van der Waals surface area contributed by atoms with Gasteiger partial charge in [-0.1, -0.05) is 42.2 Å². The van der Waals surface area contributed by atoms with Gasteiger partial charge in [-0.05, 0) is 49.7 Å². The van der Waals surface area contributed by atoms with Crippen LogP contribution >= 0.6 is 23.1 Å². The molecule has 1 unspecified atom stereocenters. The van der Waals surface area contributed by atoms with E-state index in [1.165, 1.54) is 23.9 Å². The fraction of sp³-hybridized carbons (Fsp3) is 0.200. The number of anilines is 2. The zero-order chi connectivity index (χ0) is 22.7. The Balaban J connectivity index is 1.41. The fourth-order valence-electron chi connectivity index (χ4n) is 2.89. The van der Waals surface area contributed by atoms with E-state index in [2.05, 4.69) is 30.2 Å². The summed E-state index contributed by atoms with van der Waals surface area (Å²) in [7, 11) is -3.79. The van der Waals surface area contributed by atoms with Crippen LogP contribution < -0.4 is 10.0 Å². The highest BCUT2D eigenvalue weighted by Crippen LogP contribution is 2.27. The Morgan fingerprint density at radius 3 is 2.56 bits per heavy atom. The molecule has 166 valence electrons. The lowest BCUT2D eigenvalue weighted by atomic mass is 10.3. The topological polar surface area (TPSA) is 130 Å². The molecule has 4 aromatic rings. The average Bonchev–Trinajstić information content (AvgIpc) is 3.37. The van der Waals surface area contributed by atoms with Crippen LogP contribution in [0, 0.1) is 6.92 Å². The van der Waals surface area contributed by atoms with Crippen molar-refractivity contribution < 1.29 is 13.2 Å². The summed E-state index contributed by atoms with van der Waals surface area (Å²) < 4.78 is 27.4. The first-order chi connectivity index (χ1) is 15.3. The molecule has 2 aromatic carbocycles. The molecule has 2 heterocycles. The molecule has 4 rings (SSSR count). The number of nitrogens with one attached hydrogen (secondary N) is 3. The molecule has 32 heavy (non-hydrogen) atoms. The third-order valence-electron chi connectivity index (χ3n) is 4.46. The number of amides is 1. The van der Waals surface area contributed by atoms with Crippen LogP contribution in [-0.4, -0.2) is 39.7 Å². The van der Waals surface area contributed by atoms with Crippen molar-refractivity contribution in [2.75, 3.05) is 10.0 Å². The maximum absolute atomic E-state index is 12.8. The maximum atomic E-state index is 12.8. The number of rotatable bonds is 8. The Kier molecular flexibility index (Phi) is 6.44. The molecule has 0 saturated carbocycles. The van der Waals surface area contributed by atoms with Crippen LogP contribution in [0.15, 0.2) is 58.6 Å². The van der Waals surface area contributed by atoms with Crippen LogP contribution in [0.3, 0.4) is 0 Å². The van der Waals surface area contributed by atoms with E-state index < -0.39 is 10.0 Å². The van der Waals surface area contributed by atoms with Crippen molar-refractivity contribution in [2.45, 2.75) is 35.6 Å². The van der Waals surface area contributed by atoms with Gasteiger partial charge in [0.2, 0.25) is 11.0 Å². The highest BCUT2D eigenvalue weighted by atomic mass is 32.2. The van der Waals surface area contributed by atoms with Gasteiger partial charge in [0.25, 0.3) is 10.0 Å². The van der Waals surface area contributed by atoms with Gasteiger partial charge >= 0.3 is 0 Å². The number of hydrogen-bond acceptors (Lipinski definition) is 8. The predicted octanol–water partition coefficient (Wildman–Crippen LogP) is 4.03. The molecule has 0 fully saturated rings. The van der Waals surface area contributed by atoms with Crippen LogP contribution in [0.5, 0.6) is 0 Å². The Morgan fingerprint density at radius 1 is 1.16 bits per heavy atom. The summed E-state index contributed by atoms with van der Waals surface area (Å²) in [6.45, 7) is 3.67. The van der Waals surface area contributed by atoms with E-state index in [0.29, 0.717) is 22.3 Å². The van der Waals surface area contributed by atoms with Crippen molar-refractivity contribution >= 4 is 60.9 Å². The number of aromatic nitrogens is 4. The standard InChI is InChI=1S/C20H20N6O3S3/c1-3-17(31-19-22-15-6-4-5-7-16(15)23-19)18(27)21-13-8-10-14(11-9-13)32(28,29)26-20-25-24-12(2)30-20/h4-11,17H,3H2,1-2H3,(H,21,27)(H,22,23)(H,25,26). The van der Waals surface area contributed by atoms with Gasteiger partial charge in [0.15, 0.2) is 5.16 Å². The Labute approximate surface area is 193 Å². The molecule has 12 heteroatoms. The van der Waals surface area contributed by atoms with Gasteiger partial charge in [-0.15, -0.1) is 10.2 Å². The van der Waals surface area contributed by atoms with Gasteiger partial charge in [-0.2, -0.15) is 0 Å². The summed E-state index contributed by atoms with van der Waals surface area (Å²) in [5, 5.41) is 11.6. The molecule has 0 saturated heterocycles. The predicted molar refractivity (Wildman–Crippen MR) is 127 cm³/mol. The highest BCUT2D eigenvalue weighted by molar-refractivity contribution is 8.00. The number of imidazole rings is 1. The third kappa shape index (κ3) is 5.09. The average molecular weight is 489 g/mol. The number of hydrogen-bond donors (Lipinski definition) is 3. The summed E-state index contributed by atoms with van der Waals surface area (Å²) in [5.41, 5.74) is 2.27. The zero-order valence-electron chi connectivity index (χ0n) is 17.2. The normalized spacial score (nSPS) is 12.6. The lowest BCUT2D eigenvalue weighted by Gasteiger charge is -2.13. The molecule has 0 radical (unpaired) electrons. The van der Waals surface area contributed by atoms with Crippen molar-refractivity contribution in [1.82, 2.24) is 20.2 Å². The van der Waals surface area contributed by atoms with Gasteiger partial charge in [-0.3, -0.25) is 9.52 Å². The van der Waals surface area contributed by atoms with E-state index in [-0.39, 0.29) is 21.2 Å². The smallest absolute Gasteiger partial charge is 0.263 e. The molecule has 0 aliphatic heterocycles. The molecule has 0 spiro atoms. The van der Waals surface area contributed by atoms with Crippen molar-refractivity contribution in [1.29, 1.82) is 0 Å². The minimum absolute atomic E-state index is 0.0621. The number of H-pyrrole nitrogens is 1. The number of carbonyl (C=O) groups excluding carboxylic acids is 1. The number of nitrogens with zero attached hydrogens (tertiary/aromatic N) is 3. The lowest BCUT2D eigenvalue weighted by Crippen LogP contribution is -2.24. The molecular formula is C20H20N6O3S3. The second-order valence-corrected chi connectivity index (χ2v) is 10.9. The van der Waals surface area contributed by atoms with Crippen molar-refractivity contribution in [3.8, 4) is 0 Å². The summed E-state index contributed by atoms with van der Waals surface area (Å²) in [4.78, 5) is 20.6. The quantitative estimate of drug-likeness (QED) is 0.319. The highest BCUT2D eigenvalue weighted by Gasteiger charge is 2.21. The van der Waals surface area contributed by atoms with Gasteiger partial charge in [0, 0.05) is 5.69 Å². The van der Waals surface area contributed by atoms with Gasteiger partial charge in [0.05, 0.1) is 21.2 Å². The summed E-state index contributed by atoms with van der Waals surface area (Å²) in [6, 6.07) is 13.6. The van der Waals surface area contributed by atoms with Crippen LogP contribution in [0.1, 0.15) is 18.4 Å².